The molecule has 1 aliphatic heterocycles. The summed E-state index contributed by atoms with van der Waals surface area (Å²) in [5, 5.41) is 17.4. The van der Waals surface area contributed by atoms with Crippen molar-refractivity contribution in [1.29, 1.82) is 0 Å². The minimum absolute atomic E-state index is 0.171. The highest BCUT2D eigenvalue weighted by molar-refractivity contribution is 7.12. The van der Waals surface area contributed by atoms with Crippen molar-refractivity contribution in [2.75, 3.05) is 6.61 Å². The number of aryl methyl sites for hydroxylation is 1. The number of hydrogen-bond acceptors (Lipinski definition) is 6. The number of rotatable bonds is 6. The van der Waals surface area contributed by atoms with Crippen LogP contribution in [0.2, 0.25) is 0 Å². The SMILES string of the molecule is O=C(CC(NC(=O)c1cnn2c1OCCC2)C(=O)O)c1cccs1. The minimum Gasteiger partial charge on any atom is -0.480 e. The van der Waals surface area contributed by atoms with Gasteiger partial charge in [-0.2, -0.15) is 5.10 Å². The molecule has 0 fully saturated rings. The van der Waals surface area contributed by atoms with Crippen LogP contribution in [0.4, 0.5) is 0 Å². The van der Waals surface area contributed by atoms with E-state index < -0.39 is 17.9 Å². The summed E-state index contributed by atoms with van der Waals surface area (Å²) in [6.07, 6.45) is 1.82. The third-order valence-electron chi connectivity index (χ3n) is 3.58. The largest absolute Gasteiger partial charge is 0.480 e. The van der Waals surface area contributed by atoms with Gasteiger partial charge in [-0.15, -0.1) is 11.3 Å². The average Bonchev–Trinajstić information content (AvgIpc) is 3.23. The third-order valence-corrected chi connectivity index (χ3v) is 4.49. The molecule has 2 aromatic heterocycles. The Hall–Kier alpha value is -2.68. The van der Waals surface area contributed by atoms with Gasteiger partial charge in [0.25, 0.3) is 5.91 Å². The molecule has 1 amide bonds. The first kappa shape index (κ1) is 16.2. The Morgan fingerprint density at radius 3 is 3.00 bits per heavy atom. The summed E-state index contributed by atoms with van der Waals surface area (Å²) < 4.78 is 6.99. The molecular formula is C15H15N3O5S. The molecule has 9 heteroatoms. The second-order valence-corrected chi connectivity index (χ2v) is 6.21. The number of aromatic nitrogens is 2. The number of hydrogen-bond donors (Lipinski definition) is 2. The van der Waals surface area contributed by atoms with Gasteiger partial charge in [-0.3, -0.25) is 9.59 Å². The van der Waals surface area contributed by atoms with Crippen LogP contribution in [-0.4, -0.2) is 45.2 Å². The van der Waals surface area contributed by atoms with Crippen LogP contribution < -0.4 is 10.1 Å². The molecule has 24 heavy (non-hydrogen) atoms. The highest BCUT2D eigenvalue weighted by Crippen LogP contribution is 2.22. The van der Waals surface area contributed by atoms with E-state index in [0.29, 0.717) is 23.9 Å². The van der Waals surface area contributed by atoms with Crippen LogP contribution in [0, 0.1) is 0 Å². The average molecular weight is 349 g/mol. The number of ketones is 1. The van der Waals surface area contributed by atoms with E-state index in [1.807, 2.05) is 0 Å². The lowest BCUT2D eigenvalue weighted by Gasteiger charge is -2.17. The molecule has 0 bridgehead atoms. The number of carbonyl (C=O) groups excluding carboxylic acids is 2. The molecule has 2 aromatic rings. The molecule has 3 rings (SSSR count). The van der Waals surface area contributed by atoms with Crippen LogP contribution in [0.3, 0.4) is 0 Å². The van der Waals surface area contributed by atoms with Crippen molar-refractivity contribution in [1.82, 2.24) is 15.1 Å². The van der Waals surface area contributed by atoms with Gasteiger partial charge < -0.3 is 15.2 Å². The zero-order valence-electron chi connectivity index (χ0n) is 12.6. The Morgan fingerprint density at radius 1 is 1.46 bits per heavy atom. The molecule has 8 nitrogen and oxygen atoms in total. The first-order valence-electron chi connectivity index (χ1n) is 7.35. The number of fused-ring (bicyclic) bond motifs is 1. The number of nitrogens with zero attached hydrogens (tertiary/aromatic N) is 2. The van der Waals surface area contributed by atoms with Gasteiger partial charge in [0, 0.05) is 19.4 Å². The van der Waals surface area contributed by atoms with Crippen molar-refractivity contribution >= 4 is 29.0 Å². The molecule has 0 spiro atoms. The first-order chi connectivity index (χ1) is 11.6. The van der Waals surface area contributed by atoms with Crippen LogP contribution in [0.1, 0.15) is 32.9 Å². The van der Waals surface area contributed by atoms with Crippen LogP contribution in [0.15, 0.2) is 23.7 Å². The maximum absolute atomic E-state index is 12.3. The van der Waals surface area contributed by atoms with Crippen molar-refractivity contribution in [2.45, 2.75) is 25.4 Å². The molecule has 3 heterocycles. The Balaban J connectivity index is 1.71. The zero-order valence-corrected chi connectivity index (χ0v) is 13.4. The molecule has 0 radical (unpaired) electrons. The van der Waals surface area contributed by atoms with Gasteiger partial charge in [-0.25, -0.2) is 9.48 Å². The maximum atomic E-state index is 12.3. The Morgan fingerprint density at radius 2 is 2.29 bits per heavy atom. The smallest absolute Gasteiger partial charge is 0.326 e. The van der Waals surface area contributed by atoms with E-state index in [0.717, 1.165) is 6.42 Å². The van der Waals surface area contributed by atoms with Gasteiger partial charge in [0.05, 0.1) is 17.7 Å². The van der Waals surface area contributed by atoms with Crippen LogP contribution in [0.5, 0.6) is 5.88 Å². The molecule has 1 aliphatic rings. The summed E-state index contributed by atoms with van der Waals surface area (Å²) in [7, 11) is 0. The van der Waals surface area contributed by atoms with E-state index in [-0.39, 0.29) is 17.8 Å². The Kier molecular flexibility index (Phi) is 4.61. The number of aliphatic carboxylic acids is 1. The standard InChI is InChI=1S/C15H15N3O5S/c19-11(12-3-1-6-24-12)7-10(15(21)22)17-13(20)9-8-16-18-4-2-5-23-14(9)18/h1,3,6,8,10H,2,4-5,7H2,(H,17,20)(H,21,22). The van der Waals surface area contributed by atoms with Crippen molar-refractivity contribution in [3.63, 3.8) is 0 Å². The number of nitrogens with one attached hydrogen (secondary N) is 1. The van der Waals surface area contributed by atoms with Gasteiger partial charge >= 0.3 is 5.97 Å². The summed E-state index contributed by atoms with van der Waals surface area (Å²) in [6, 6.07) is 2.02. The lowest BCUT2D eigenvalue weighted by molar-refractivity contribution is -0.139. The predicted molar refractivity (Wildman–Crippen MR) is 84.5 cm³/mol. The highest BCUT2D eigenvalue weighted by atomic mass is 32.1. The van der Waals surface area contributed by atoms with E-state index in [1.165, 1.54) is 17.5 Å². The molecule has 2 N–H and O–H groups in total. The molecule has 0 saturated carbocycles. The van der Waals surface area contributed by atoms with Gasteiger partial charge in [0.1, 0.15) is 11.6 Å². The summed E-state index contributed by atoms with van der Waals surface area (Å²) in [4.78, 5) is 36.3. The van der Waals surface area contributed by atoms with Gasteiger partial charge in [-0.1, -0.05) is 6.07 Å². The number of ether oxygens (including phenoxy) is 1. The summed E-state index contributed by atoms with van der Waals surface area (Å²) in [6.45, 7) is 1.12. The van der Waals surface area contributed by atoms with E-state index in [9.17, 15) is 19.5 Å². The second-order valence-electron chi connectivity index (χ2n) is 5.26. The van der Waals surface area contributed by atoms with Crippen LogP contribution in [-0.2, 0) is 11.3 Å². The fourth-order valence-corrected chi connectivity index (χ4v) is 3.06. The summed E-state index contributed by atoms with van der Waals surface area (Å²) in [5.74, 6) is -1.89. The third kappa shape index (κ3) is 3.30. The maximum Gasteiger partial charge on any atom is 0.326 e. The van der Waals surface area contributed by atoms with E-state index >= 15 is 0 Å². The second kappa shape index (κ2) is 6.83. The quantitative estimate of drug-likeness (QED) is 0.758. The van der Waals surface area contributed by atoms with E-state index in [2.05, 4.69) is 10.4 Å². The molecule has 1 unspecified atom stereocenters. The normalized spacial score (nSPS) is 14.3. The number of amides is 1. The van der Waals surface area contributed by atoms with Crippen LogP contribution in [0.25, 0.3) is 0 Å². The zero-order chi connectivity index (χ0) is 17.1. The number of carboxylic acid groups (broad SMARTS) is 1. The van der Waals surface area contributed by atoms with Gasteiger partial charge in [0.2, 0.25) is 5.88 Å². The van der Waals surface area contributed by atoms with E-state index in [4.69, 9.17) is 4.74 Å². The minimum atomic E-state index is -1.31. The highest BCUT2D eigenvalue weighted by Gasteiger charge is 2.28. The molecule has 0 saturated heterocycles. The Labute approximate surface area is 141 Å². The fourth-order valence-electron chi connectivity index (χ4n) is 2.38. The predicted octanol–water partition coefficient (Wildman–Crippen LogP) is 1.18. The van der Waals surface area contributed by atoms with Crippen molar-refractivity contribution < 1.29 is 24.2 Å². The van der Waals surface area contributed by atoms with E-state index in [1.54, 1.807) is 22.2 Å². The number of Topliss-reactive ketones (excluding diaryl/α,β-unsaturated/α-hetero) is 1. The summed E-state index contributed by atoms with van der Waals surface area (Å²) in [5.41, 5.74) is 0.171. The van der Waals surface area contributed by atoms with Crippen molar-refractivity contribution in [3.8, 4) is 5.88 Å². The van der Waals surface area contributed by atoms with Crippen LogP contribution >= 0.6 is 11.3 Å². The first-order valence-corrected chi connectivity index (χ1v) is 8.23. The lowest BCUT2D eigenvalue weighted by Crippen LogP contribution is -2.42. The summed E-state index contributed by atoms with van der Waals surface area (Å²) >= 11 is 1.23. The molecule has 126 valence electrons. The van der Waals surface area contributed by atoms with Gasteiger partial charge in [-0.05, 0) is 11.4 Å². The van der Waals surface area contributed by atoms with Crippen molar-refractivity contribution in [2.24, 2.45) is 0 Å². The van der Waals surface area contributed by atoms with Gasteiger partial charge in [0.15, 0.2) is 5.78 Å². The molecule has 1 atom stereocenters. The molecule has 0 aliphatic carbocycles. The fraction of sp³-hybridized carbons (Fsp3) is 0.333. The number of carboxylic acids is 1. The molecule has 0 aromatic carbocycles. The van der Waals surface area contributed by atoms with Crippen molar-refractivity contribution in [3.05, 3.63) is 34.2 Å². The number of thiophene rings is 1. The molecular weight excluding hydrogens is 334 g/mol. The number of carbonyl (C=O) groups is 3. The Bertz CT molecular complexity index is 768. The lowest BCUT2D eigenvalue weighted by atomic mass is 10.1. The topological polar surface area (TPSA) is 111 Å². The monoisotopic (exact) mass is 349 g/mol.